The lowest BCUT2D eigenvalue weighted by atomic mass is 9.98. The number of benzene rings is 2. The number of carbonyl (C=O) groups is 1. The zero-order valence-corrected chi connectivity index (χ0v) is 15.3. The van der Waals surface area contributed by atoms with Crippen molar-refractivity contribution in [1.29, 1.82) is 0 Å². The van der Waals surface area contributed by atoms with E-state index in [0.29, 0.717) is 11.3 Å². The summed E-state index contributed by atoms with van der Waals surface area (Å²) < 4.78 is 14.2. The molecular formula is C19H19N3O3S. The van der Waals surface area contributed by atoms with Crippen LogP contribution in [0.3, 0.4) is 0 Å². The van der Waals surface area contributed by atoms with Crippen LogP contribution >= 0.6 is 11.5 Å². The summed E-state index contributed by atoms with van der Waals surface area (Å²) in [5.74, 6) is 1.39. The zero-order valence-electron chi connectivity index (χ0n) is 14.5. The van der Waals surface area contributed by atoms with Crippen molar-refractivity contribution in [3.8, 4) is 11.5 Å². The molecule has 0 saturated carbocycles. The van der Waals surface area contributed by atoms with E-state index in [2.05, 4.69) is 14.9 Å². The van der Waals surface area contributed by atoms with E-state index in [9.17, 15) is 4.79 Å². The molecule has 0 aliphatic heterocycles. The van der Waals surface area contributed by atoms with Gasteiger partial charge in [-0.2, -0.15) is 0 Å². The van der Waals surface area contributed by atoms with Crippen LogP contribution in [0.4, 0.5) is 0 Å². The molecule has 3 aromatic rings. The van der Waals surface area contributed by atoms with Gasteiger partial charge in [0.25, 0.3) is 5.91 Å². The Morgan fingerprint density at radius 2 is 1.65 bits per heavy atom. The van der Waals surface area contributed by atoms with Gasteiger partial charge in [-0.25, -0.2) is 0 Å². The first-order valence-corrected chi connectivity index (χ1v) is 8.82. The maximum Gasteiger partial charge on any atom is 0.265 e. The zero-order chi connectivity index (χ0) is 18.4. The lowest BCUT2D eigenvalue weighted by Gasteiger charge is -2.19. The highest BCUT2D eigenvalue weighted by atomic mass is 32.1. The third kappa shape index (κ3) is 4.37. The third-order valence-electron chi connectivity index (χ3n) is 4.01. The minimum absolute atomic E-state index is 0.186. The van der Waals surface area contributed by atoms with Gasteiger partial charge in [-0.3, -0.25) is 4.79 Å². The van der Waals surface area contributed by atoms with Crippen LogP contribution in [0.2, 0.25) is 0 Å². The fraction of sp³-hybridized carbons (Fsp3) is 0.211. The Morgan fingerprint density at radius 1 is 1.04 bits per heavy atom. The first-order valence-electron chi connectivity index (χ1n) is 8.04. The van der Waals surface area contributed by atoms with Crippen molar-refractivity contribution in [3.05, 3.63) is 70.7 Å². The van der Waals surface area contributed by atoms with Gasteiger partial charge in [-0.05, 0) is 53.3 Å². The molecule has 134 valence electrons. The molecular weight excluding hydrogens is 350 g/mol. The van der Waals surface area contributed by atoms with Gasteiger partial charge in [0.2, 0.25) is 0 Å². The normalized spacial score (nSPS) is 11.6. The molecule has 6 nitrogen and oxygen atoms in total. The molecule has 0 aliphatic carbocycles. The first-order chi connectivity index (χ1) is 12.7. The second-order valence-electron chi connectivity index (χ2n) is 5.63. The summed E-state index contributed by atoms with van der Waals surface area (Å²) in [5.41, 5.74) is 2.08. The van der Waals surface area contributed by atoms with E-state index in [0.717, 1.165) is 34.2 Å². The number of amides is 1. The molecule has 1 atom stereocenters. The molecule has 0 aliphatic rings. The molecule has 7 heteroatoms. The molecule has 0 unspecified atom stereocenters. The molecule has 0 radical (unpaired) electrons. The van der Waals surface area contributed by atoms with Crippen molar-refractivity contribution in [3.63, 3.8) is 0 Å². The van der Waals surface area contributed by atoms with Gasteiger partial charge in [-0.15, -0.1) is 5.10 Å². The second kappa shape index (κ2) is 8.44. The standard InChI is InChI=1S/C19H19N3O3S/c1-24-15-7-3-13(4-8-15)11-17(14-5-9-16(25-2)10-6-14)21-19(23)18-12-20-22-26-18/h3-10,12,17H,11H2,1-2H3,(H,21,23)/t17-/m1/s1. The number of aromatic nitrogens is 2. The van der Waals surface area contributed by atoms with Crippen LogP contribution in [-0.2, 0) is 6.42 Å². The van der Waals surface area contributed by atoms with Crippen LogP contribution in [0, 0.1) is 0 Å². The van der Waals surface area contributed by atoms with Crippen molar-refractivity contribution in [1.82, 2.24) is 14.9 Å². The summed E-state index contributed by atoms with van der Waals surface area (Å²) in [7, 11) is 3.26. The summed E-state index contributed by atoms with van der Waals surface area (Å²) in [6.07, 6.45) is 2.12. The van der Waals surface area contributed by atoms with Gasteiger partial charge in [-0.1, -0.05) is 28.8 Å². The number of methoxy groups -OCH3 is 2. The van der Waals surface area contributed by atoms with Gasteiger partial charge in [0.15, 0.2) is 0 Å². The molecule has 0 spiro atoms. The van der Waals surface area contributed by atoms with E-state index in [-0.39, 0.29) is 11.9 Å². The monoisotopic (exact) mass is 369 g/mol. The topological polar surface area (TPSA) is 73.3 Å². The number of hydrogen-bond acceptors (Lipinski definition) is 6. The maximum absolute atomic E-state index is 12.5. The van der Waals surface area contributed by atoms with Crippen molar-refractivity contribution < 1.29 is 14.3 Å². The quantitative estimate of drug-likeness (QED) is 0.692. The van der Waals surface area contributed by atoms with Crippen LogP contribution in [0.15, 0.2) is 54.7 Å². The van der Waals surface area contributed by atoms with Crippen LogP contribution in [0.25, 0.3) is 0 Å². The molecule has 1 N–H and O–H groups in total. The van der Waals surface area contributed by atoms with Gasteiger partial charge >= 0.3 is 0 Å². The summed E-state index contributed by atoms with van der Waals surface area (Å²) in [6, 6.07) is 15.3. The number of ether oxygens (including phenoxy) is 2. The number of hydrogen-bond donors (Lipinski definition) is 1. The van der Waals surface area contributed by atoms with Crippen molar-refractivity contribution in [2.24, 2.45) is 0 Å². The van der Waals surface area contributed by atoms with Gasteiger partial charge in [0.1, 0.15) is 16.4 Å². The van der Waals surface area contributed by atoms with Gasteiger partial charge in [0, 0.05) is 0 Å². The van der Waals surface area contributed by atoms with E-state index in [1.807, 2.05) is 48.5 Å². The number of nitrogens with zero attached hydrogens (tertiary/aromatic N) is 2. The smallest absolute Gasteiger partial charge is 0.265 e. The van der Waals surface area contributed by atoms with E-state index in [1.165, 1.54) is 6.20 Å². The number of carbonyl (C=O) groups excluding carboxylic acids is 1. The Balaban J connectivity index is 1.82. The summed E-state index contributed by atoms with van der Waals surface area (Å²) in [6.45, 7) is 0. The largest absolute Gasteiger partial charge is 0.497 e. The van der Waals surface area contributed by atoms with E-state index < -0.39 is 0 Å². The molecule has 0 bridgehead atoms. The highest BCUT2D eigenvalue weighted by Crippen LogP contribution is 2.23. The SMILES string of the molecule is COc1ccc(C[C@@H](NC(=O)c2cnns2)c2ccc(OC)cc2)cc1. The minimum atomic E-state index is -0.191. The van der Waals surface area contributed by atoms with Crippen molar-refractivity contribution in [2.75, 3.05) is 14.2 Å². The van der Waals surface area contributed by atoms with E-state index in [4.69, 9.17) is 9.47 Å². The highest BCUT2D eigenvalue weighted by molar-refractivity contribution is 7.07. The van der Waals surface area contributed by atoms with Crippen LogP contribution in [0.5, 0.6) is 11.5 Å². The predicted molar refractivity (Wildman–Crippen MR) is 99.8 cm³/mol. The Bertz CT molecular complexity index is 833. The maximum atomic E-state index is 12.5. The van der Waals surface area contributed by atoms with Crippen molar-refractivity contribution >= 4 is 17.4 Å². The molecule has 1 heterocycles. The molecule has 26 heavy (non-hydrogen) atoms. The average molecular weight is 369 g/mol. The fourth-order valence-electron chi connectivity index (χ4n) is 2.58. The average Bonchev–Trinajstić information content (AvgIpc) is 3.23. The third-order valence-corrected chi connectivity index (χ3v) is 4.67. The van der Waals surface area contributed by atoms with Crippen LogP contribution < -0.4 is 14.8 Å². The molecule has 1 amide bonds. The van der Waals surface area contributed by atoms with E-state index in [1.54, 1.807) is 14.2 Å². The molecule has 1 aromatic heterocycles. The molecule has 2 aromatic carbocycles. The Hall–Kier alpha value is -2.93. The summed E-state index contributed by atoms with van der Waals surface area (Å²) in [4.78, 5) is 13.0. The predicted octanol–water partition coefficient (Wildman–Crippen LogP) is 3.27. The molecule has 0 fully saturated rings. The summed E-state index contributed by atoms with van der Waals surface area (Å²) >= 11 is 1.08. The molecule has 3 rings (SSSR count). The fourth-order valence-corrected chi connectivity index (χ4v) is 3.00. The van der Waals surface area contributed by atoms with E-state index >= 15 is 0 Å². The Morgan fingerprint density at radius 3 is 2.19 bits per heavy atom. The lowest BCUT2D eigenvalue weighted by molar-refractivity contribution is 0.0940. The van der Waals surface area contributed by atoms with Crippen LogP contribution in [-0.4, -0.2) is 29.7 Å². The summed E-state index contributed by atoms with van der Waals surface area (Å²) in [5, 5.41) is 6.80. The van der Waals surface area contributed by atoms with Gasteiger partial charge in [0.05, 0.1) is 26.5 Å². The van der Waals surface area contributed by atoms with Crippen molar-refractivity contribution in [2.45, 2.75) is 12.5 Å². The number of rotatable bonds is 7. The lowest BCUT2D eigenvalue weighted by Crippen LogP contribution is -2.29. The first kappa shape index (κ1) is 17.9. The Kier molecular flexibility index (Phi) is 5.80. The van der Waals surface area contributed by atoms with Crippen LogP contribution in [0.1, 0.15) is 26.8 Å². The van der Waals surface area contributed by atoms with Gasteiger partial charge < -0.3 is 14.8 Å². The minimum Gasteiger partial charge on any atom is -0.497 e. The Labute approximate surface area is 155 Å². The highest BCUT2D eigenvalue weighted by Gasteiger charge is 2.18. The molecule has 0 saturated heterocycles. The number of nitrogens with one attached hydrogen (secondary N) is 1. The second-order valence-corrected chi connectivity index (χ2v) is 6.42.